The molecule has 1 atom stereocenters. The second kappa shape index (κ2) is 10.5. The largest absolute Gasteiger partial charge is 0.508 e. The fourth-order valence-electron chi connectivity index (χ4n) is 4.80. The first-order chi connectivity index (χ1) is 17.2. The Morgan fingerprint density at radius 3 is 1.78 bits per heavy atom. The first kappa shape index (κ1) is 27.6. The molecule has 5 N–H and O–H groups in total. The van der Waals surface area contributed by atoms with Gasteiger partial charge in [-0.05, 0) is 69.8 Å². The van der Waals surface area contributed by atoms with E-state index >= 15 is 0 Å². The smallest absolute Gasteiger partial charge is 0.409 e. The van der Waals surface area contributed by atoms with Crippen molar-refractivity contribution in [1.29, 1.82) is 0 Å². The predicted molar refractivity (Wildman–Crippen MR) is 144 cm³/mol. The molecule has 1 unspecified atom stereocenters. The summed E-state index contributed by atoms with van der Waals surface area (Å²) in [5, 5.41) is 9.80. The Labute approximate surface area is 218 Å². The van der Waals surface area contributed by atoms with Gasteiger partial charge in [0, 0.05) is 11.5 Å². The van der Waals surface area contributed by atoms with Gasteiger partial charge in [-0.15, -0.1) is 0 Å². The van der Waals surface area contributed by atoms with Crippen LogP contribution in [0.15, 0.2) is 60.7 Å². The van der Waals surface area contributed by atoms with E-state index in [1.54, 1.807) is 24.3 Å². The van der Waals surface area contributed by atoms with Crippen LogP contribution in [0.5, 0.6) is 17.2 Å². The van der Waals surface area contributed by atoms with E-state index in [1.165, 1.54) is 0 Å². The fraction of sp³-hybridized carbons (Fsp3) is 0.333. The summed E-state index contributed by atoms with van der Waals surface area (Å²) in [5.74, 6) is 0.898. The van der Waals surface area contributed by atoms with Crippen molar-refractivity contribution in [1.82, 2.24) is 0 Å². The molecule has 0 saturated carbocycles. The zero-order chi connectivity index (χ0) is 27.5. The second-order valence-electron chi connectivity index (χ2n) is 11.2. The van der Waals surface area contributed by atoms with Crippen LogP contribution in [-0.2, 0) is 17.3 Å². The van der Waals surface area contributed by atoms with Crippen LogP contribution in [0.2, 0.25) is 0 Å². The van der Waals surface area contributed by atoms with E-state index in [0.717, 1.165) is 27.8 Å². The van der Waals surface area contributed by atoms with E-state index in [9.17, 15) is 14.7 Å². The number of primary amides is 2. The zero-order valence-corrected chi connectivity index (χ0v) is 22.3. The number of aromatic hydroxyl groups is 1. The van der Waals surface area contributed by atoms with Gasteiger partial charge in [0.2, 0.25) is 0 Å². The molecule has 0 saturated heterocycles. The topological polar surface area (TPSA) is 125 Å². The number of carbonyl (C=O) groups excluding carboxylic acids is 2. The van der Waals surface area contributed by atoms with Gasteiger partial charge in [-0.25, -0.2) is 9.59 Å². The summed E-state index contributed by atoms with van der Waals surface area (Å²) >= 11 is 0. The molecule has 0 aliphatic rings. The first-order valence-electron chi connectivity index (χ1n) is 12.2. The molecule has 0 fully saturated rings. The first-order valence-corrected chi connectivity index (χ1v) is 12.2. The molecule has 7 nitrogen and oxygen atoms in total. The van der Waals surface area contributed by atoms with Crippen LogP contribution in [0, 0.1) is 0 Å². The van der Waals surface area contributed by atoms with Crippen LogP contribution in [0.3, 0.4) is 0 Å². The number of ether oxygens (including phenoxy) is 2. The Morgan fingerprint density at radius 2 is 1.30 bits per heavy atom. The molecular weight excluding hydrogens is 468 g/mol. The molecule has 0 aliphatic carbocycles. The van der Waals surface area contributed by atoms with Gasteiger partial charge < -0.3 is 26.0 Å². The lowest BCUT2D eigenvalue weighted by molar-refractivity contribution is 0.209. The molecule has 37 heavy (non-hydrogen) atoms. The Hall–Kier alpha value is -4.00. The summed E-state index contributed by atoms with van der Waals surface area (Å²) in [4.78, 5) is 23.0. The highest BCUT2D eigenvalue weighted by atomic mass is 16.6. The van der Waals surface area contributed by atoms with E-state index in [1.807, 2.05) is 36.4 Å². The number of hydrogen-bond acceptors (Lipinski definition) is 5. The highest BCUT2D eigenvalue weighted by molar-refractivity contribution is 5.70. The molecule has 3 aromatic rings. The van der Waals surface area contributed by atoms with Gasteiger partial charge in [0.25, 0.3) is 0 Å². The van der Waals surface area contributed by atoms with E-state index in [2.05, 4.69) is 41.5 Å². The van der Waals surface area contributed by atoms with Crippen LogP contribution in [0.4, 0.5) is 9.59 Å². The van der Waals surface area contributed by atoms with E-state index in [-0.39, 0.29) is 22.5 Å². The average molecular weight is 505 g/mol. The molecule has 0 bridgehead atoms. The van der Waals surface area contributed by atoms with Crippen molar-refractivity contribution in [2.45, 2.75) is 64.7 Å². The zero-order valence-electron chi connectivity index (χ0n) is 22.3. The molecule has 0 radical (unpaired) electrons. The van der Waals surface area contributed by atoms with Crippen molar-refractivity contribution >= 4 is 12.2 Å². The fourth-order valence-corrected chi connectivity index (χ4v) is 4.80. The molecule has 0 spiro atoms. The number of hydrogen-bond donors (Lipinski definition) is 3. The minimum atomic E-state index is -0.872. The number of carbonyl (C=O) groups is 2. The number of amides is 2. The standard InChI is InChI=1S/C30H36N2O5/c1-29(2,3)25-22(15-16-24(37-28(32)35)26(25)30(4,5)6)23(17-18-7-11-20(33)12-8-18)19-9-13-21(14-10-19)36-27(31)34/h7-16,23,33H,17H2,1-6H3,(H2,31,34)(H2,32,35). The van der Waals surface area contributed by atoms with Crippen molar-refractivity contribution < 1.29 is 24.2 Å². The van der Waals surface area contributed by atoms with E-state index in [4.69, 9.17) is 20.9 Å². The minimum Gasteiger partial charge on any atom is -0.508 e. The molecular formula is C30H36N2O5. The Bertz CT molecular complexity index is 1270. The lowest BCUT2D eigenvalue weighted by Crippen LogP contribution is -2.28. The van der Waals surface area contributed by atoms with Crippen molar-refractivity contribution in [3.05, 3.63) is 88.5 Å². The summed E-state index contributed by atoms with van der Waals surface area (Å²) in [6, 6.07) is 18.2. The predicted octanol–water partition coefficient (Wildman–Crippen LogP) is 6.28. The van der Waals surface area contributed by atoms with Crippen LogP contribution < -0.4 is 20.9 Å². The average Bonchev–Trinajstić information content (AvgIpc) is 2.77. The Kier molecular flexibility index (Phi) is 7.86. The van der Waals surface area contributed by atoms with Gasteiger partial charge >= 0.3 is 12.2 Å². The number of nitrogens with two attached hydrogens (primary N) is 2. The number of phenols is 1. The normalized spacial score (nSPS) is 12.6. The second-order valence-corrected chi connectivity index (χ2v) is 11.2. The molecule has 2 amide bonds. The lowest BCUT2D eigenvalue weighted by Gasteiger charge is -2.36. The number of benzene rings is 3. The maximum atomic E-state index is 11.8. The summed E-state index contributed by atoms with van der Waals surface area (Å²) in [7, 11) is 0. The minimum absolute atomic E-state index is 0.106. The third-order valence-corrected chi connectivity index (χ3v) is 6.16. The Morgan fingerprint density at radius 1 is 0.757 bits per heavy atom. The van der Waals surface area contributed by atoms with Gasteiger partial charge in [-0.2, -0.15) is 0 Å². The third kappa shape index (κ3) is 6.82. The van der Waals surface area contributed by atoms with Crippen LogP contribution in [0.1, 0.15) is 75.3 Å². The van der Waals surface area contributed by atoms with Gasteiger partial charge in [-0.1, -0.05) is 71.9 Å². The molecule has 0 aromatic heterocycles. The van der Waals surface area contributed by atoms with Crippen LogP contribution in [0.25, 0.3) is 0 Å². The lowest BCUT2D eigenvalue weighted by atomic mass is 9.69. The molecule has 7 heteroatoms. The van der Waals surface area contributed by atoms with Gasteiger partial charge in [-0.3, -0.25) is 0 Å². The Balaban J connectivity index is 2.29. The summed E-state index contributed by atoms with van der Waals surface area (Å²) < 4.78 is 10.5. The molecule has 0 heterocycles. The number of phenolic OH excluding ortho intramolecular Hbond substituents is 1. The SMILES string of the molecule is CC(C)(C)c1c(OC(N)=O)ccc(C(Cc2ccc(O)cc2)c2ccc(OC(N)=O)cc2)c1C(C)(C)C. The van der Waals surface area contributed by atoms with Gasteiger partial charge in [0.1, 0.15) is 17.2 Å². The highest BCUT2D eigenvalue weighted by Gasteiger charge is 2.34. The van der Waals surface area contributed by atoms with Crippen molar-refractivity contribution in [3.8, 4) is 17.2 Å². The quantitative estimate of drug-likeness (QED) is 0.364. The maximum Gasteiger partial charge on any atom is 0.409 e. The van der Waals surface area contributed by atoms with Gasteiger partial charge in [0.05, 0.1) is 0 Å². The summed E-state index contributed by atoms with van der Waals surface area (Å²) in [6.45, 7) is 12.7. The van der Waals surface area contributed by atoms with E-state index < -0.39 is 12.2 Å². The van der Waals surface area contributed by atoms with Crippen molar-refractivity contribution in [2.75, 3.05) is 0 Å². The van der Waals surface area contributed by atoms with Crippen LogP contribution in [-0.4, -0.2) is 17.3 Å². The van der Waals surface area contributed by atoms with Crippen LogP contribution >= 0.6 is 0 Å². The monoisotopic (exact) mass is 504 g/mol. The summed E-state index contributed by atoms with van der Waals surface area (Å²) in [5.41, 5.74) is 15.0. The van der Waals surface area contributed by atoms with Gasteiger partial charge in [0.15, 0.2) is 0 Å². The molecule has 3 aromatic carbocycles. The molecule has 0 aliphatic heterocycles. The van der Waals surface area contributed by atoms with Crippen molar-refractivity contribution in [3.63, 3.8) is 0 Å². The number of rotatable bonds is 6. The van der Waals surface area contributed by atoms with Crippen molar-refractivity contribution in [2.24, 2.45) is 11.5 Å². The summed E-state index contributed by atoms with van der Waals surface area (Å²) in [6.07, 6.45) is -1.09. The maximum absolute atomic E-state index is 11.8. The highest BCUT2D eigenvalue weighted by Crippen LogP contribution is 2.46. The third-order valence-electron chi connectivity index (χ3n) is 6.16. The molecule has 3 rings (SSSR count). The van der Waals surface area contributed by atoms with E-state index in [0.29, 0.717) is 17.9 Å². The molecule has 196 valence electrons.